The molecule has 0 saturated carbocycles. The van der Waals surface area contributed by atoms with Gasteiger partial charge in [0.2, 0.25) is 5.91 Å². The third-order valence-electron chi connectivity index (χ3n) is 4.26. The summed E-state index contributed by atoms with van der Waals surface area (Å²) in [6.45, 7) is 3.43. The number of hydrogen-bond donors (Lipinski definition) is 1. The fourth-order valence-corrected chi connectivity index (χ4v) is 2.87. The van der Waals surface area contributed by atoms with Crippen molar-refractivity contribution in [3.05, 3.63) is 27.7 Å². The second kappa shape index (κ2) is 8.08. The molecule has 1 aliphatic carbocycles. The normalized spacial score (nSPS) is 15.3. The Morgan fingerprint density at radius 3 is 2.67 bits per heavy atom. The number of aromatic nitrogens is 2. The topological polar surface area (TPSA) is 90.3 Å². The molecule has 1 aliphatic rings. The van der Waals surface area contributed by atoms with Crippen molar-refractivity contribution < 1.29 is 14.3 Å². The van der Waals surface area contributed by atoms with Crippen LogP contribution in [0.1, 0.15) is 44.4 Å². The molecule has 1 amide bonds. The molecular weight excluding hydrogens is 310 g/mol. The van der Waals surface area contributed by atoms with E-state index in [0.717, 1.165) is 43.4 Å². The summed E-state index contributed by atoms with van der Waals surface area (Å²) in [5.74, 6) is -1.04. The summed E-state index contributed by atoms with van der Waals surface area (Å²) >= 11 is 0. The Morgan fingerprint density at radius 1 is 1.29 bits per heavy atom. The Labute approximate surface area is 141 Å². The Kier molecular flexibility index (Phi) is 6.11. The fraction of sp³-hybridized carbons (Fsp3) is 0.647. The lowest BCUT2D eigenvalue weighted by molar-refractivity contribution is -0.146. The van der Waals surface area contributed by atoms with Gasteiger partial charge in [-0.3, -0.25) is 9.59 Å². The lowest BCUT2D eigenvalue weighted by Crippen LogP contribution is -2.47. The number of methoxy groups -OCH3 is 1. The van der Waals surface area contributed by atoms with Gasteiger partial charge in [-0.25, -0.2) is 9.48 Å². The molecule has 132 valence electrons. The summed E-state index contributed by atoms with van der Waals surface area (Å²) in [7, 11) is 1.28. The van der Waals surface area contributed by atoms with Crippen molar-refractivity contribution in [1.29, 1.82) is 0 Å². The summed E-state index contributed by atoms with van der Waals surface area (Å²) in [4.78, 5) is 36.1. The van der Waals surface area contributed by atoms with E-state index in [1.54, 1.807) is 6.07 Å². The SMILES string of the molecule is COC(=O)[C@H](NC(=O)Cn1nc2c(cc1=O)CCCCC2)C(C)C. The van der Waals surface area contributed by atoms with Crippen molar-refractivity contribution in [1.82, 2.24) is 15.1 Å². The monoisotopic (exact) mass is 335 g/mol. The first-order valence-corrected chi connectivity index (χ1v) is 8.39. The third-order valence-corrected chi connectivity index (χ3v) is 4.26. The molecule has 0 saturated heterocycles. The lowest BCUT2D eigenvalue weighted by Gasteiger charge is -2.20. The second-order valence-corrected chi connectivity index (χ2v) is 6.49. The maximum absolute atomic E-state index is 12.2. The Bertz CT molecular complexity index is 666. The van der Waals surface area contributed by atoms with Gasteiger partial charge in [0.1, 0.15) is 12.6 Å². The molecule has 24 heavy (non-hydrogen) atoms. The van der Waals surface area contributed by atoms with Crippen molar-refractivity contribution in [3.63, 3.8) is 0 Å². The van der Waals surface area contributed by atoms with E-state index in [-0.39, 0.29) is 18.0 Å². The molecule has 2 rings (SSSR count). The summed E-state index contributed by atoms with van der Waals surface area (Å²) < 4.78 is 5.87. The van der Waals surface area contributed by atoms with Gasteiger partial charge in [0.05, 0.1) is 12.8 Å². The number of rotatable bonds is 5. The van der Waals surface area contributed by atoms with Gasteiger partial charge in [0, 0.05) is 6.07 Å². The first kappa shape index (κ1) is 18.2. The average molecular weight is 335 g/mol. The van der Waals surface area contributed by atoms with Crippen molar-refractivity contribution in [2.45, 2.75) is 58.5 Å². The van der Waals surface area contributed by atoms with Gasteiger partial charge in [-0.1, -0.05) is 20.3 Å². The van der Waals surface area contributed by atoms with E-state index in [1.165, 1.54) is 11.8 Å². The lowest BCUT2D eigenvalue weighted by atomic mass is 10.0. The van der Waals surface area contributed by atoms with Gasteiger partial charge >= 0.3 is 5.97 Å². The number of nitrogens with zero attached hydrogens (tertiary/aromatic N) is 2. The van der Waals surface area contributed by atoms with E-state index in [1.807, 2.05) is 13.8 Å². The minimum atomic E-state index is -0.737. The van der Waals surface area contributed by atoms with Crippen molar-refractivity contribution in [2.75, 3.05) is 7.11 Å². The van der Waals surface area contributed by atoms with Crippen LogP contribution in [0.25, 0.3) is 0 Å². The van der Waals surface area contributed by atoms with Crippen LogP contribution in [0.4, 0.5) is 0 Å². The minimum absolute atomic E-state index is 0.113. The van der Waals surface area contributed by atoms with Crippen LogP contribution >= 0.6 is 0 Å². The molecule has 0 fully saturated rings. The highest BCUT2D eigenvalue weighted by atomic mass is 16.5. The zero-order chi connectivity index (χ0) is 17.7. The Hall–Kier alpha value is -2.18. The molecule has 0 unspecified atom stereocenters. The van der Waals surface area contributed by atoms with Gasteiger partial charge in [0.25, 0.3) is 5.56 Å². The first-order valence-electron chi connectivity index (χ1n) is 8.39. The van der Waals surface area contributed by atoms with Crippen LogP contribution < -0.4 is 10.9 Å². The summed E-state index contributed by atoms with van der Waals surface area (Å²) in [6.07, 6.45) is 4.92. The number of amides is 1. The molecular formula is C17H25N3O4. The van der Waals surface area contributed by atoms with Crippen LogP contribution in [0, 0.1) is 5.92 Å². The number of fused-ring (bicyclic) bond motifs is 1. The highest BCUT2D eigenvalue weighted by Gasteiger charge is 2.25. The highest BCUT2D eigenvalue weighted by molar-refractivity contribution is 5.84. The van der Waals surface area contributed by atoms with Crippen LogP contribution in [0.5, 0.6) is 0 Å². The molecule has 0 spiro atoms. The van der Waals surface area contributed by atoms with E-state index >= 15 is 0 Å². The molecule has 1 atom stereocenters. The van der Waals surface area contributed by atoms with E-state index in [4.69, 9.17) is 4.74 Å². The van der Waals surface area contributed by atoms with Gasteiger partial charge in [0.15, 0.2) is 0 Å². The third kappa shape index (κ3) is 4.43. The van der Waals surface area contributed by atoms with E-state index in [9.17, 15) is 14.4 Å². The molecule has 0 bridgehead atoms. The van der Waals surface area contributed by atoms with Crippen molar-refractivity contribution in [3.8, 4) is 0 Å². The van der Waals surface area contributed by atoms with E-state index in [2.05, 4.69) is 10.4 Å². The number of esters is 1. The zero-order valence-electron chi connectivity index (χ0n) is 14.5. The van der Waals surface area contributed by atoms with Crippen molar-refractivity contribution in [2.24, 2.45) is 5.92 Å². The summed E-state index contributed by atoms with van der Waals surface area (Å²) in [5.41, 5.74) is 1.60. The number of nitrogens with one attached hydrogen (secondary N) is 1. The number of aryl methyl sites for hydroxylation is 2. The molecule has 0 aliphatic heterocycles. The Morgan fingerprint density at radius 2 is 2.00 bits per heavy atom. The minimum Gasteiger partial charge on any atom is -0.467 e. The summed E-state index contributed by atoms with van der Waals surface area (Å²) in [6, 6.07) is 0.847. The molecule has 7 nitrogen and oxygen atoms in total. The van der Waals surface area contributed by atoms with Gasteiger partial charge < -0.3 is 10.1 Å². The molecule has 0 aromatic carbocycles. The molecule has 1 heterocycles. The predicted molar refractivity (Wildman–Crippen MR) is 88.5 cm³/mol. The van der Waals surface area contributed by atoms with Crippen LogP contribution in [0.3, 0.4) is 0 Å². The van der Waals surface area contributed by atoms with Crippen molar-refractivity contribution >= 4 is 11.9 Å². The molecule has 7 heteroatoms. The first-order chi connectivity index (χ1) is 11.4. The zero-order valence-corrected chi connectivity index (χ0v) is 14.5. The molecule has 0 radical (unpaired) electrons. The number of carbonyl (C=O) groups excluding carboxylic acids is 2. The van der Waals surface area contributed by atoms with Crippen LogP contribution in [-0.2, 0) is 33.7 Å². The molecule has 1 aromatic rings. The molecule has 1 N–H and O–H groups in total. The van der Waals surface area contributed by atoms with Crippen LogP contribution in [0.2, 0.25) is 0 Å². The van der Waals surface area contributed by atoms with Crippen LogP contribution in [0.15, 0.2) is 10.9 Å². The average Bonchev–Trinajstić information content (AvgIpc) is 2.77. The molecule has 1 aromatic heterocycles. The maximum atomic E-state index is 12.2. The van der Waals surface area contributed by atoms with E-state index in [0.29, 0.717) is 0 Å². The maximum Gasteiger partial charge on any atom is 0.328 e. The quantitative estimate of drug-likeness (QED) is 0.636. The Balaban J connectivity index is 2.12. The van der Waals surface area contributed by atoms with Gasteiger partial charge in [-0.2, -0.15) is 5.10 Å². The number of hydrogen-bond acceptors (Lipinski definition) is 5. The standard InChI is InChI=1S/C17H25N3O4/c1-11(2)16(17(23)24-3)18-14(21)10-20-15(22)9-12-7-5-4-6-8-13(12)19-20/h9,11,16H,4-8,10H2,1-3H3,(H,18,21)/t16-/m1/s1. The largest absolute Gasteiger partial charge is 0.467 e. The summed E-state index contributed by atoms with van der Waals surface area (Å²) in [5, 5.41) is 6.98. The fourth-order valence-electron chi connectivity index (χ4n) is 2.87. The van der Waals surface area contributed by atoms with Crippen LogP contribution in [-0.4, -0.2) is 34.8 Å². The predicted octanol–water partition coefficient (Wildman–Crippen LogP) is 0.826. The smallest absolute Gasteiger partial charge is 0.328 e. The van der Waals surface area contributed by atoms with Gasteiger partial charge in [-0.05, 0) is 37.2 Å². The van der Waals surface area contributed by atoms with Gasteiger partial charge in [-0.15, -0.1) is 0 Å². The second-order valence-electron chi connectivity index (χ2n) is 6.49. The highest BCUT2D eigenvalue weighted by Crippen LogP contribution is 2.16. The number of carbonyl (C=O) groups is 2. The number of ether oxygens (including phenoxy) is 1. The van der Waals surface area contributed by atoms with E-state index < -0.39 is 17.9 Å².